The fraction of sp³-hybridized carbons (Fsp3) is 0. The van der Waals surface area contributed by atoms with Gasteiger partial charge in [-0.05, 0) is 48.0 Å². The zero-order valence-electron chi connectivity index (χ0n) is 14.6. The Morgan fingerprint density at radius 3 is 2.25 bits per heavy atom. The highest BCUT2D eigenvalue weighted by molar-refractivity contribution is 7.92. The van der Waals surface area contributed by atoms with E-state index in [-0.39, 0.29) is 27.9 Å². The third-order valence-electron chi connectivity index (χ3n) is 3.82. The van der Waals surface area contributed by atoms with Crippen LogP contribution in [-0.2, 0) is 10.0 Å². The molecule has 0 unspecified atom stereocenters. The van der Waals surface area contributed by atoms with E-state index < -0.39 is 10.0 Å². The standard InChI is InChI=1S/C21H17NO5S/c23-18-7-1-4-15(12-18)10-11-21(25)16-5-2-6-17(13-16)22-28(26,27)20-9-3-8-19(24)14-20/h1-14,22-24H/b11-10+. The van der Waals surface area contributed by atoms with Gasteiger partial charge in [-0.15, -0.1) is 0 Å². The van der Waals surface area contributed by atoms with Gasteiger partial charge in [-0.2, -0.15) is 0 Å². The number of nitrogens with one attached hydrogen (secondary N) is 1. The first kappa shape index (κ1) is 19.2. The van der Waals surface area contributed by atoms with Crippen LogP contribution in [0.25, 0.3) is 6.08 Å². The van der Waals surface area contributed by atoms with Crippen molar-refractivity contribution < 1.29 is 23.4 Å². The van der Waals surface area contributed by atoms with E-state index in [1.807, 2.05) is 0 Å². The number of phenolic OH excluding ortho intramolecular Hbond substituents is 2. The largest absolute Gasteiger partial charge is 0.508 e. The molecule has 142 valence electrons. The van der Waals surface area contributed by atoms with Crippen LogP contribution in [0.4, 0.5) is 5.69 Å². The maximum Gasteiger partial charge on any atom is 0.262 e. The topological polar surface area (TPSA) is 104 Å². The first-order valence-electron chi connectivity index (χ1n) is 8.27. The highest BCUT2D eigenvalue weighted by Gasteiger charge is 2.15. The van der Waals surface area contributed by atoms with Crippen LogP contribution in [0.5, 0.6) is 11.5 Å². The van der Waals surface area contributed by atoms with E-state index in [9.17, 15) is 23.4 Å². The number of benzene rings is 3. The minimum absolute atomic E-state index is 0.0898. The van der Waals surface area contributed by atoms with Crippen molar-refractivity contribution in [3.8, 4) is 11.5 Å². The van der Waals surface area contributed by atoms with Gasteiger partial charge in [-0.25, -0.2) is 8.42 Å². The van der Waals surface area contributed by atoms with E-state index in [1.54, 1.807) is 30.3 Å². The van der Waals surface area contributed by atoms with Crippen LogP contribution >= 0.6 is 0 Å². The molecule has 3 aromatic rings. The average molecular weight is 395 g/mol. The van der Waals surface area contributed by atoms with Crippen LogP contribution in [0.2, 0.25) is 0 Å². The fourth-order valence-electron chi connectivity index (χ4n) is 2.50. The molecule has 0 amide bonds. The van der Waals surface area contributed by atoms with Crippen molar-refractivity contribution in [3.63, 3.8) is 0 Å². The molecule has 0 saturated heterocycles. The number of hydrogen-bond acceptors (Lipinski definition) is 5. The number of phenols is 2. The Morgan fingerprint density at radius 2 is 1.54 bits per heavy atom. The van der Waals surface area contributed by atoms with E-state index in [2.05, 4.69) is 4.72 Å². The van der Waals surface area contributed by atoms with Crippen molar-refractivity contribution in [2.75, 3.05) is 4.72 Å². The molecule has 0 bridgehead atoms. The molecule has 0 spiro atoms. The Morgan fingerprint density at radius 1 is 0.857 bits per heavy atom. The molecule has 0 atom stereocenters. The monoisotopic (exact) mass is 395 g/mol. The molecule has 0 fully saturated rings. The molecule has 0 radical (unpaired) electrons. The Kier molecular flexibility index (Phi) is 5.47. The Hall–Kier alpha value is -3.58. The first-order valence-corrected chi connectivity index (χ1v) is 9.75. The van der Waals surface area contributed by atoms with Gasteiger partial charge in [-0.3, -0.25) is 9.52 Å². The number of anilines is 1. The third kappa shape index (κ3) is 4.77. The number of aromatic hydroxyl groups is 2. The molecule has 3 N–H and O–H groups in total. The number of ketones is 1. The van der Waals surface area contributed by atoms with Gasteiger partial charge in [0, 0.05) is 17.3 Å². The lowest BCUT2D eigenvalue weighted by Crippen LogP contribution is -2.13. The van der Waals surface area contributed by atoms with E-state index in [0.29, 0.717) is 11.1 Å². The second kappa shape index (κ2) is 7.98. The number of hydrogen-bond donors (Lipinski definition) is 3. The first-order chi connectivity index (χ1) is 13.3. The summed E-state index contributed by atoms with van der Waals surface area (Å²) in [5.74, 6) is -0.386. The van der Waals surface area contributed by atoms with Crippen molar-refractivity contribution in [1.82, 2.24) is 0 Å². The zero-order chi connectivity index (χ0) is 20.1. The van der Waals surface area contributed by atoms with Gasteiger partial charge in [0.05, 0.1) is 4.90 Å². The van der Waals surface area contributed by atoms with Crippen molar-refractivity contribution in [2.24, 2.45) is 0 Å². The van der Waals surface area contributed by atoms with Gasteiger partial charge >= 0.3 is 0 Å². The summed E-state index contributed by atoms with van der Waals surface area (Å²) >= 11 is 0. The van der Waals surface area contributed by atoms with E-state index in [0.717, 1.165) is 6.07 Å². The zero-order valence-corrected chi connectivity index (χ0v) is 15.4. The van der Waals surface area contributed by atoms with Gasteiger partial charge in [-0.1, -0.05) is 36.4 Å². The van der Waals surface area contributed by atoms with Gasteiger partial charge in [0.15, 0.2) is 5.78 Å². The normalized spacial score (nSPS) is 11.4. The SMILES string of the molecule is O=C(/C=C/c1cccc(O)c1)c1cccc(NS(=O)(=O)c2cccc(O)c2)c1. The molecule has 0 aromatic heterocycles. The molecule has 0 aliphatic rings. The van der Waals surface area contributed by atoms with E-state index >= 15 is 0 Å². The lowest BCUT2D eigenvalue weighted by atomic mass is 10.1. The number of carbonyl (C=O) groups excluding carboxylic acids is 1. The molecule has 0 heterocycles. The maximum atomic E-state index is 12.4. The van der Waals surface area contributed by atoms with Gasteiger partial charge < -0.3 is 10.2 Å². The molecule has 0 aliphatic carbocycles. The highest BCUT2D eigenvalue weighted by atomic mass is 32.2. The molecular weight excluding hydrogens is 378 g/mol. The van der Waals surface area contributed by atoms with Crippen LogP contribution < -0.4 is 4.72 Å². The summed E-state index contributed by atoms with van der Waals surface area (Å²) in [6, 6.07) is 17.8. The molecule has 6 nitrogen and oxygen atoms in total. The summed E-state index contributed by atoms with van der Waals surface area (Å²) in [5, 5.41) is 18.9. The summed E-state index contributed by atoms with van der Waals surface area (Å²) in [5.41, 5.74) is 1.18. The quantitative estimate of drug-likeness (QED) is 0.435. The number of allylic oxidation sites excluding steroid dienone is 1. The fourth-order valence-corrected chi connectivity index (χ4v) is 3.59. The molecule has 7 heteroatoms. The number of sulfonamides is 1. The van der Waals surface area contributed by atoms with Crippen LogP contribution in [0, 0.1) is 0 Å². The predicted octanol–water partition coefficient (Wildman–Crippen LogP) is 3.79. The van der Waals surface area contributed by atoms with Crippen LogP contribution in [0.15, 0.2) is 83.8 Å². The van der Waals surface area contributed by atoms with E-state index in [1.165, 1.54) is 48.5 Å². The minimum atomic E-state index is -3.91. The summed E-state index contributed by atoms with van der Waals surface area (Å²) in [6.45, 7) is 0. The smallest absolute Gasteiger partial charge is 0.262 e. The predicted molar refractivity (Wildman–Crippen MR) is 107 cm³/mol. The van der Waals surface area contributed by atoms with Crippen LogP contribution in [0.3, 0.4) is 0 Å². The highest BCUT2D eigenvalue weighted by Crippen LogP contribution is 2.21. The number of rotatable bonds is 6. The summed E-state index contributed by atoms with van der Waals surface area (Å²) in [7, 11) is -3.91. The number of carbonyl (C=O) groups is 1. The van der Waals surface area contributed by atoms with Crippen molar-refractivity contribution in [1.29, 1.82) is 0 Å². The summed E-state index contributed by atoms with van der Waals surface area (Å²) in [4.78, 5) is 12.3. The second-order valence-corrected chi connectivity index (χ2v) is 7.66. The van der Waals surface area contributed by atoms with Gasteiger partial charge in [0.1, 0.15) is 11.5 Å². The summed E-state index contributed by atoms with van der Waals surface area (Å²) < 4.78 is 27.3. The third-order valence-corrected chi connectivity index (χ3v) is 5.20. The van der Waals surface area contributed by atoms with Crippen molar-refractivity contribution >= 4 is 27.6 Å². The molecule has 3 rings (SSSR count). The average Bonchev–Trinajstić information content (AvgIpc) is 2.66. The minimum Gasteiger partial charge on any atom is -0.508 e. The van der Waals surface area contributed by atoms with Crippen LogP contribution in [-0.4, -0.2) is 24.4 Å². The van der Waals surface area contributed by atoms with Gasteiger partial charge in [0.2, 0.25) is 0 Å². The lowest BCUT2D eigenvalue weighted by molar-refractivity contribution is 0.104. The maximum absolute atomic E-state index is 12.4. The van der Waals surface area contributed by atoms with E-state index in [4.69, 9.17) is 0 Å². The summed E-state index contributed by atoms with van der Waals surface area (Å²) in [6.07, 6.45) is 2.91. The second-order valence-electron chi connectivity index (χ2n) is 5.98. The van der Waals surface area contributed by atoms with Crippen molar-refractivity contribution in [2.45, 2.75) is 4.90 Å². The molecule has 0 aliphatic heterocycles. The molecule has 28 heavy (non-hydrogen) atoms. The van der Waals surface area contributed by atoms with Crippen molar-refractivity contribution in [3.05, 3.63) is 90.0 Å². The molecular formula is C21H17NO5S. The Bertz CT molecular complexity index is 1150. The Labute approximate surface area is 162 Å². The molecule has 3 aromatic carbocycles. The van der Waals surface area contributed by atoms with Gasteiger partial charge in [0.25, 0.3) is 10.0 Å². The Balaban J connectivity index is 1.79. The molecule has 0 saturated carbocycles. The van der Waals surface area contributed by atoms with Crippen LogP contribution in [0.1, 0.15) is 15.9 Å². The lowest BCUT2D eigenvalue weighted by Gasteiger charge is -2.09.